The molecule has 160 valence electrons. The number of methoxy groups -OCH3 is 1. The van der Waals surface area contributed by atoms with E-state index >= 15 is 0 Å². The van der Waals surface area contributed by atoms with Gasteiger partial charge in [-0.1, -0.05) is 13.8 Å². The molecule has 3 N–H and O–H groups in total. The largest absolute Gasteiger partial charge is 0.481 e. The molecule has 1 aromatic carbocycles. The van der Waals surface area contributed by atoms with Crippen molar-refractivity contribution < 1.29 is 14.3 Å². The zero-order valence-electron chi connectivity index (χ0n) is 18.0. The third-order valence-corrected chi connectivity index (χ3v) is 5.46. The Morgan fingerprint density at radius 2 is 2.00 bits per heavy atom. The number of hydrogen-bond acceptors (Lipinski definition) is 6. The molecule has 1 aliphatic carbocycles. The Balaban J connectivity index is 1.79. The van der Waals surface area contributed by atoms with Crippen molar-refractivity contribution in [2.75, 3.05) is 12.4 Å². The quantitative estimate of drug-likeness (QED) is 0.654. The van der Waals surface area contributed by atoms with E-state index in [1.165, 1.54) is 0 Å². The second-order valence-electron chi connectivity index (χ2n) is 8.57. The summed E-state index contributed by atoms with van der Waals surface area (Å²) in [5.41, 5.74) is 10.0. The zero-order valence-corrected chi connectivity index (χ0v) is 18.0. The molecule has 0 unspecified atom stereocenters. The molecule has 0 saturated heterocycles. The molecule has 31 heavy (non-hydrogen) atoms. The Morgan fingerprint density at radius 3 is 2.65 bits per heavy atom. The van der Waals surface area contributed by atoms with Crippen molar-refractivity contribution in [3.05, 3.63) is 59.0 Å². The maximum Gasteiger partial charge on any atom is 0.250 e. The van der Waals surface area contributed by atoms with Crippen LogP contribution in [0.15, 0.2) is 36.5 Å². The number of pyridine rings is 1. The lowest BCUT2D eigenvalue weighted by atomic mass is 9.75. The van der Waals surface area contributed by atoms with E-state index in [1.807, 2.05) is 13.0 Å². The predicted octanol–water partition coefficient (Wildman–Crippen LogP) is 3.58. The van der Waals surface area contributed by atoms with Gasteiger partial charge in [-0.25, -0.2) is 9.67 Å². The molecule has 0 bridgehead atoms. The lowest BCUT2D eigenvalue weighted by Crippen LogP contribution is -2.28. The summed E-state index contributed by atoms with van der Waals surface area (Å²) in [6.45, 7) is 6.02. The molecule has 8 heteroatoms. The summed E-state index contributed by atoms with van der Waals surface area (Å²) >= 11 is 0. The van der Waals surface area contributed by atoms with Gasteiger partial charge in [0, 0.05) is 12.5 Å². The van der Waals surface area contributed by atoms with Crippen LogP contribution in [0.5, 0.6) is 5.88 Å². The number of benzene rings is 1. The molecule has 1 amide bonds. The minimum absolute atomic E-state index is 0.117. The molecule has 8 nitrogen and oxygen atoms in total. The molecular weight excluding hydrogens is 394 g/mol. The number of fused-ring (bicyclic) bond motifs is 1. The smallest absolute Gasteiger partial charge is 0.250 e. The van der Waals surface area contributed by atoms with Crippen molar-refractivity contribution >= 4 is 23.1 Å². The van der Waals surface area contributed by atoms with Gasteiger partial charge < -0.3 is 15.8 Å². The number of amides is 1. The first kappa shape index (κ1) is 20.6. The number of rotatable bonds is 5. The standard InChI is InChI=1S/C23H25N5O3/c1-13-21-18(10-23(2,3)11-19(21)29)28(27-13)15-6-7-16(22(24)30)17(9-15)26-14-5-8-20(31-4)25-12-14/h5-9,12,26H,10-11H2,1-4H3,(H2,24,30). The van der Waals surface area contributed by atoms with Gasteiger partial charge in [-0.2, -0.15) is 5.10 Å². The van der Waals surface area contributed by atoms with Crippen LogP contribution < -0.4 is 15.8 Å². The second kappa shape index (κ2) is 7.54. The fourth-order valence-electron chi connectivity index (χ4n) is 4.07. The fraction of sp³-hybridized carbons (Fsp3) is 0.304. The molecule has 4 rings (SSSR count). The SMILES string of the molecule is COc1ccc(Nc2cc(-n3nc(C)c4c3CC(C)(C)CC4=O)ccc2C(N)=O)cn1. The van der Waals surface area contributed by atoms with Gasteiger partial charge >= 0.3 is 0 Å². The van der Waals surface area contributed by atoms with E-state index in [4.69, 9.17) is 10.5 Å². The van der Waals surface area contributed by atoms with Crippen LogP contribution in [0.4, 0.5) is 11.4 Å². The molecule has 0 radical (unpaired) electrons. The first-order valence-electron chi connectivity index (χ1n) is 10.0. The van der Waals surface area contributed by atoms with E-state index < -0.39 is 5.91 Å². The fourth-order valence-corrected chi connectivity index (χ4v) is 4.07. The van der Waals surface area contributed by atoms with E-state index in [9.17, 15) is 9.59 Å². The van der Waals surface area contributed by atoms with Crippen LogP contribution in [0.25, 0.3) is 5.69 Å². The highest BCUT2D eigenvalue weighted by atomic mass is 16.5. The molecule has 2 aromatic heterocycles. The first-order valence-corrected chi connectivity index (χ1v) is 10.0. The first-order chi connectivity index (χ1) is 14.7. The number of Topliss-reactive ketones (excluding diaryl/α,β-unsaturated/α-hetero) is 1. The summed E-state index contributed by atoms with van der Waals surface area (Å²) < 4.78 is 6.88. The van der Waals surface area contributed by atoms with E-state index in [0.29, 0.717) is 40.5 Å². The van der Waals surface area contributed by atoms with Crippen LogP contribution >= 0.6 is 0 Å². The van der Waals surface area contributed by atoms with Gasteiger partial charge in [-0.15, -0.1) is 0 Å². The van der Waals surface area contributed by atoms with Gasteiger partial charge in [-0.05, 0) is 43.0 Å². The molecule has 1 aliphatic rings. The molecular formula is C23H25N5O3. The number of hydrogen-bond donors (Lipinski definition) is 2. The van der Waals surface area contributed by atoms with Gasteiger partial charge in [0.05, 0.1) is 52.9 Å². The van der Waals surface area contributed by atoms with Crippen molar-refractivity contribution in [1.29, 1.82) is 0 Å². The van der Waals surface area contributed by atoms with Crippen molar-refractivity contribution in [2.45, 2.75) is 33.6 Å². The van der Waals surface area contributed by atoms with E-state index in [1.54, 1.807) is 42.3 Å². The Morgan fingerprint density at radius 1 is 1.23 bits per heavy atom. The number of aromatic nitrogens is 3. The van der Waals surface area contributed by atoms with Crippen LogP contribution in [0.1, 0.15) is 52.4 Å². The molecule has 0 fully saturated rings. The van der Waals surface area contributed by atoms with Gasteiger partial charge in [0.1, 0.15) is 0 Å². The maximum absolute atomic E-state index is 12.7. The predicted molar refractivity (Wildman–Crippen MR) is 117 cm³/mol. The Bertz CT molecular complexity index is 1180. The van der Waals surface area contributed by atoms with Crippen molar-refractivity contribution in [3.63, 3.8) is 0 Å². The highest BCUT2D eigenvalue weighted by Crippen LogP contribution is 2.37. The van der Waals surface area contributed by atoms with E-state index in [0.717, 1.165) is 17.8 Å². The summed E-state index contributed by atoms with van der Waals surface area (Å²) in [5, 5.41) is 7.85. The monoisotopic (exact) mass is 419 g/mol. The summed E-state index contributed by atoms with van der Waals surface area (Å²) in [6.07, 6.45) is 2.85. The minimum atomic E-state index is -0.550. The second-order valence-corrected chi connectivity index (χ2v) is 8.57. The number of anilines is 2. The van der Waals surface area contributed by atoms with E-state index in [-0.39, 0.29) is 11.2 Å². The van der Waals surface area contributed by atoms with Crippen LogP contribution in [0.2, 0.25) is 0 Å². The van der Waals surface area contributed by atoms with Gasteiger partial charge in [0.15, 0.2) is 5.78 Å². The van der Waals surface area contributed by atoms with Gasteiger partial charge in [-0.3, -0.25) is 9.59 Å². The molecule has 0 atom stereocenters. The minimum Gasteiger partial charge on any atom is -0.481 e. The topological polar surface area (TPSA) is 112 Å². The Kier molecular flexibility index (Phi) is 5.00. The average molecular weight is 419 g/mol. The van der Waals surface area contributed by atoms with Gasteiger partial charge in [0.2, 0.25) is 5.88 Å². The molecule has 0 aliphatic heterocycles. The zero-order chi connectivity index (χ0) is 22.3. The molecule has 2 heterocycles. The van der Waals surface area contributed by atoms with E-state index in [2.05, 4.69) is 29.2 Å². The van der Waals surface area contributed by atoms with Crippen molar-refractivity contribution in [2.24, 2.45) is 11.1 Å². The van der Waals surface area contributed by atoms with Crippen LogP contribution in [-0.2, 0) is 6.42 Å². The number of nitrogens with one attached hydrogen (secondary N) is 1. The van der Waals surface area contributed by atoms with Crippen molar-refractivity contribution in [3.8, 4) is 11.6 Å². The highest BCUT2D eigenvalue weighted by molar-refractivity contribution is 6.01. The normalized spacial score (nSPS) is 14.8. The number of ether oxygens (including phenoxy) is 1. The van der Waals surface area contributed by atoms with Crippen molar-refractivity contribution in [1.82, 2.24) is 14.8 Å². The molecule has 0 spiro atoms. The van der Waals surface area contributed by atoms with Crippen LogP contribution in [0.3, 0.4) is 0 Å². The molecule has 3 aromatic rings. The van der Waals surface area contributed by atoms with Gasteiger partial charge in [0.25, 0.3) is 5.91 Å². The number of nitrogens with two attached hydrogens (primary N) is 1. The number of carbonyl (C=O) groups is 2. The number of ketones is 1. The summed E-state index contributed by atoms with van der Waals surface area (Å²) in [6, 6.07) is 8.77. The third kappa shape index (κ3) is 3.88. The highest BCUT2D eigenvalue weighted by Gasteiger charge is 2.35. The van der Waals surface area contributed by atoms with Crippen LogP contribution in [-0.4, -0.2) is 33.6 Å². The average Bonchev–Trinajstić information content (AvgIpc) is 3.03. The lowest BCUT2D eigenvalue weighted by Gasteiger charge is -2.29. The van der Waals surface area contributed by atoms with Crippen LogP contribution in [0, 0.1) is 12.3 Å². The maximum atomic E-state index is 12.7. The molecule has 0 saturated carbocycles. The summed E-state index contributed by atoms with van der Waals surface area (Å²) in [7, 11) is 1.54. The summed E-state index contributed by atoms with van der Waals surface area (Å²) in [5.74, 6) is 0.0530. The third-order valence-electron chi connectivity index (χ3n) is 5.46. The Labute approximate surface area is 180 Å². The Hall–Kier alpha value is -3.68. The number of carbonyl (C=O) groups excluding carboxylic acids is 2. The number of primary amides is 1. The number of aryl methyl sites for hydroxylation is 1. The lowest BCUT2D eigenvalue weighted by molar-refractivity contribution is 0.0909. The number of nitrogens with zero attached hydrogens (tertiary/aromatic N) is 3. The summed E-state index contributed by atoms with van der Waals surface area (Å²) in [4.78, 5) is 28.9.